The molecule has 2 aromatic heterocycles. The van der Waals surface area contributed by atoms with Crippen molar-refractivity contribution in [1.29, 1.82) is 0 Å². The maximum absolute atomic E-state index is 13.4. The summed E-state index contributed by atoms with van der Waals surface area (Å²) in [4.78, 5) is 11.9. The van der Waals surface area contributed by atoms with Crippen LogP contribution < -0.4 is 5.69 Å². The number of H-pyrrole nitrogens is 1. The fourth-order valence-corrected chi connectivity index (χ4v) is 3.56. The first-order valence-electron chi connectivity index (χ1n) is 8.22. The summed E-state index contributed by atoms with van der Waals surface area (Å²) in [5.74, 6) is 0.239. The van der Waals surface area contributed by atoms with Crippen molar-refractivity contribution in [2.75, 3.05) is 13.7 Å². The highest BCUT2D eigenvalue weighted by Gasteiger charge is 2.35. The molecule has 0 spiro atoms. The van der Waals surface area contributed by atoms with Gasteiger partial charge >= 0.3 is 11.9 Å². The molecule has 0 aliphatic heterocycles. The van der Waals surface area contributed by atoms with E-state index in [0.29, 0.717) is 24.7 Å². The number of nitrogens with one attached hydrogen (secondary N) is 1. The number of thioether (sulfide) groups is 1. The molecule has 2 heterocycles. The Labute approximate surface area is 171 Å². The zero-order valence-corrected chi connectivity index (χ0v) is 16.6. The number of aromatic nitrogens is 7. The molecule has 9 nitrogen and oxygen atoms in total. The van der Waals surface area contributed by atoms with E-state index in [1.165, 1.54) is 16.7 Å². The molecule has 0 unspecified atom stereocenters. The van der Waals surface area contributed by atoms with Gasteiger partial charge in [-0.15, -0.1) is 10.2 Å². The third-order valence-electron chi connectivity index (χ3n) is 3.81. The van der Waals surface area contributed by atoms with Crippen molar-refractivity contribution >= 4 is 23.4 Å². The van der Waals surface area contributed by atoms with Crippen LogP contribution in [0.2, 0.25) is 5.02 Å². The van der Waals surface area contributed by atoms with Gasteiger partial charge in [-0.05, 0) is 35.0 Å². The number of methoxy groups -OCH3 is 1. The van der Waals surface area contributed by atoms with Gasteiger partial charge in [-0.2, -0.15) is 17.9 Å². The molecule has 0 aliphatic rings. The molecule has 0 saturated carbocycles. The SMILES string of the molecule is COCCCn1c(SCc2nnnn2-c2ccc(Cl)cc2C(F)(F)F)n[nH]c1=O. The summed E-state index contributed by atoms with van der Waals surface area (Å²) >= 11 is 6.84. The molecule has 0 radical (unpaired) electrons. The molecule has 0 aliphatic carbocycles. The first-order valence-corrected chi connectivity index (χ1v) is 9.59. The standard InChI is InChI=1S/C15H15ClF3N7O2S/c1-28-6-2-5-25-13(27)21-22-14(25)29-8-12-20-23-24-26(12)11-4-3-9(16)7-10(11)15(17,18)19/h3-4,7H,2,5-6,8H2,1H3,(H,21,27). The normalized spacial score (nSPS) is 11.9. The summed E-state index contributed by atoms with van der Waals surface area (Å²) in [5.41, 5.74) is -1.60. The van der Waals surface area contributed by atoms with Gasteiger partial charge in [0.2, 0.25) is 0 Å². The van der Waals surface area contributed by atoms with Gasteiger partial charge in [0.1, 0.15) is 0 Å². The van der Waals surface area contributed by atoms with Crippen molar-refractivity contribution in [2.24, 2.45) is 0 Å². The van der Waals surface area contributed by atoms with Gasteiger partial charge in [-0.25, -0.2) is 9.89 Å². The average Bonchev–Trinajstić information content (AvgIpc) is 3.26. The Kier molecular flexibility index (Phi) is 6.59. The first kappa shape index (κ1) is 21.3. The number of rotatable bonds is 8. The molecule has 14 heteroatoms. The predicted molar refractivity (Wildman–Crippen MR) is 98.1 cm³/mol. The number of alkyl halides is 3. The van der Waals surface area contributed by atoms with Crippen LogP contribution in [0.25, 0.3) is 5.69 Å². The van der Waals surface area contributed by atoms with Crippen LogP contribution >= 0.6 is 23.4 Å². The summed E-state index contributed by atoms with van der Waals surface area (Å²) in [5, 5.41) is 17.6. The summed E-state index contributed by atoms with van der Waals surface area (Å²) in [7, 11) is 1.56. The minimum Gasteiger partial charge on any atom is -0.385 e. The highest BCUT2D eigenvalue weighted by molar-refractivity contribution is 7.98. The number of tetrazole rings is 1. The van der Waals surface area contributed by atoms with Crippen molar-refractivity contribution in [2.45, 2.75) is 30.1 Å². The van der Waals surface area contributed by atoms with Crippen molar-refractivity contribution in [3.05, 3.63) is 45.1 Å². The maximum atomic E-state index is 13.4. The van der Waals surface area contributed by atoms with Gasteiger partial charge in [0.05, 0.1) is 17.0 Å². The summed E-state index contributed by atoms with van der Waals surface area (Å²) in [6.07, 6.45) is -4.04. The lowest BCUT2D eigenvalue weighted by atomic mass is 10.1. The number of hydrogen-bond acceptors (Lipinski definition) is 7. The zero-order chi connectivity index (χ0) is 21.0. The van der Waals surface area contributed by atoms with Gasteiger partial charge in [-0.3, -0.25) is 4.57 Å². The van der Waals surface area contributed by atoms with Gasteiger partial charge in [-0.1, -0.05) is 23.4 Å². The van der Waals surface area contributed by atoms with Gasteiger partial charge in [0, 0.05) is 25.3 Å². The molecule has 0 amide bonds. The van der Waals surface area contributed by atoms with E-state index >= 15 is 0 Å². The molecular weight excluding hydrogens is 435 g/mol. The number of ether oxygens (including phenoxy) is 1. The minimum atomic E-state index is -4.64. The molecule has 29 heavy (non-hydrogen) atoms. The van der Waals surface area contributed by atoms with E-state index in [4.69, 9.17) is 16.3 Å². The maximum Gasteiger partial charge on any atom is 0.418 e. The van der Waals surface area contributed by atoms with E-state index in [1.807, 2.05) is 0 Å². The van der Waals surface area contributed by atoms with E-state index in [-0.39, 0.29) is 28.0 Å². The average molecular weight is 450 g/mol. The molecule has 0 fully saturated rings. The van der Waals surface area contributed by atoms with E-state index in [0.717, 1.165) is 22.5 Å². The van der Waals surface area contributed by atoms with Crippen molar-refractivity contribution < 1.29 is 17.9 Å². The van der Waals surface area contributed by atoms with E-state index in [2.05, 4.69) is 25.7 Å². The highest BCUT2D eigenvalue weighted by Crippen LogP contribution is 2.35. The van der Waals surface area contributed by atoms with E-state index in [9.17, 15) is 18.0 Å². The molecular formula is C15H15ClF3N7O2S. The Morgan fingerprint density at radius 2 is 2.14 bits per heavy atom. The summed E-state index contributed by atoms with van der Waals surface area (Å²) < 4.78 is 47.6. The quantitative estimate of drug-likeness (QED) is 0.416. The molecule has 1 aromatic carbocycles. The Morgan fingerprint density at radius 3 is 2.86 bits per heavy atom. The number of hydrogen-bond donors (Lipinski definition) is 1. The van der Waals surface area contributed by atoms with Crippen molar-refractivity contribution in [3.63, 3.8) is 0 Å². The second-order valence-corrected chi connectivity index (χ2v) is 7.14. The Bertz CT molecular complexity index is 1030. The highest BCUT2D eigenvalue weighted by atomic mass is 35.5. The monoisotopic (exact) mass is 449 g/mol. The van der Waals surface area contributed by atoms with Gasteiger partial charge in [0.15, 0.2) is 11.0 Å². The van der Waals surface area contributed by atoms with Crippen LogP contribution in [0.5, 0.6) is 0 Å². The van der Waals surface area contributed by atoms with Crippen LogP contribution in [0.1, 0.15) is 17.8 Å². The molecule has 3 rings (SSSR count). The third kappa shape index (κ3) is 4.97. The lowest BCUT2D eigenvalue weighted by Crippen LogP contribution is -2.18. The van der Waals surface area contributed by atoms with Crippen LogP contribution in [0.4, 0.5) is 13.2 Å². The summed E-state index contributed by atoms with van der Waals surface area (Å²) in [6, 6.07) is 3.34. The minimum absolute atomic E-state index is 0.0540. The lowest BCUT2D eigenvalue weighted by molar-refractivity contribution is -0.137. The van der Waals surface area contributed by atoms with Crippen LogP contribution in [-0.4, -0.2) is 48.7 Å². The molecule has 1 N–H and O–H groups in total. The Hall–Kier alpha value is -2.38. The van der Waals surface area contributed by atoms with E-state index < -0.39 is 11.7 Å². The molecule has 3 aromatic rings. The first-order chi connectivity index (χ1) is 13.8. The smallest absolute Gasteiger partial charge is 0.385 e. The fraction of sp³-hybridized carbons (Fsp3) is 0.400. The number of benzene rings is 1. The second-order valence-electron chi connectivity index (χ2n) is 5.76. The van der Waals surface area contributed by atoms with Crippen molar-refractivity contribution in [1.82, 2.24) is 35.0 Å². The third-order valence-corrected chi connectivity index (χ3v) is 5.02. The van der Waals surface area contributed by atoms with Crippen LogP contribution in [0, 0.1) is 0 Å². The second kappa shape index (κ2) is 8.97. The van der Waals surface area contributed by atoms with Crippen LogP contribution in [0.15, 0.2) is 28.2 Å². The Morgan fingerprint density at radius 1 is 1.34 bits per heavy atom. The zero-order valence-electron chi connectivity index (χ0n) is 15.0. The topological polar surface area (TPSA) is 104 Å². The molecule has 0 bridgehead atoms. The van der Waals surface area contributed by atoms with Crippen LogP contribution in [0.3, 0.4) is 0 Å². The molecule has 156 valence electrons. The molecule has 0 saturated heterocycles. The van der Waals surface area contributed by atoms with Gasteiger partial charge in [0.25, 0.3) is 0 Å². The largest absolute Gasteiger partial charge is 0.418 e. The summed E-state index contributed by atoms with van der Waals surface area (Å²) in [6.45, 7) is 0.850. The fourth-order valence-electron chi connectivity index (χ4n) is 2.51. The predicted octanol–water partition coefficient (Wildman–Crippen LogP) is 2.55. The number of aromatic amines is 1. The number of nitrogens with zero attached hydrogens (tertiary/aromatic N) is 6. The molecule has 0 atom stereocenters. The Balaban J connectivity index is 1.84. The van der Waals surface area contributed by atoms with Gasteiger partial charge < -0.3 is 4.74 Å². The lowest BCUT2D eigenvalue weighted by Gasteiger charge is -2.13. The number of halogens is 4. The van der Waals surface area contributed by atoms with Crippen LogP contribution in [-0.2, 0) is 23.2 Å². The van der Waals surface area contributed by atoms with Crippen molar-refractivity contribution in [3.8, 4) is 5.69 Å². The van der Waals surface area contributed by atoms with E-state index in [1.54, 1.807) is 7.11 Å².